The van der Waals surface area contributed by atoms with Gasteiger partial charge in [0.1, 0.15) is 9.71 Å². The standard InChI is InChI=1S/C12H14N2O2S/c1-3-7-5-6-8-9(13)10(12(15)16-4-2)17-11(8)14-7/h5-6H,3-4,13H2,1-2H3. The molecule has 2 N–H and O–H groups in total. The normalized spacial score (nSPS) is 10.7. The maximum Gasteiger partial charge on any atom is 0.350 e. The highest BCUT2D eigenvalue weighted by Gasteiger charge is 2.18. The molecule has 0 aliphatic heterocycles. The average Bonchev–Trinajstić information content (AvgIpc) is 2.66. The Morgan fingerprint density at radius 3 is 2.88 bits per heavy atom. The van der Waals surface area contributed by atoms with Crippen LogP contribution in [0.3, 0.4) is 0 Å². The number of carbonyl (C=O) groups is 1. The van der Waals surface area contributed by atoms with Gasteiger partial charge in [-0.15, -0.1) is 11.3 Å². The van der Waals surface area contributed by atoms with Crippen LogP contribution in [0.25, 0.3) is 10.2 Å². The Kier molecular flexibility index (Phi) is 3.28. The number of hydrogen-bond acceptors (Lipinski definition) is 5. The molecule has 0 atom stereocenters. The molecule has 2 rings (SSSR count). The highest BCUT2D eigenvalue weighted by molar-refractivity contribution is 7.21. The van der Waals surface area contributed by atoms with Crippen LogP contribution in [0, 0.1) is 0 Å². The molecule has 0 aromatic carbocycles. The van der Waals surface area contributed by atoms with E-state index in [1.807, 2.05) is 19.1 Å². The van der Waals surface area contributed by atoms with Crippen molar-refractivity contribution in [2.24, 2.45) is 0 Å². The molecule has 4 nitrogen and oxygen atoms in total. The van der Waals surface area contributed by atoms with E-state index < -0.39 is 0 Å². The van der Waals surface area contributed by atoms with E-state index in [9.17, 15) is 4.79 Å². The van der Waals surface area contributed by atoms with E-state index in [-0.39, 0.29) is 5.97 Å². The van der Waals surface area contributed by atoms with E-state index in [0.29, 0.717) is 17.2 Å². The first-order valence-corrected chi connectivity index (χ1v) is 6.34. The van der Waals surface area contributed by atoms with Crippen LogP contribution in [0.1, 0.15) is 29.2 Å². The number of anilines is 1. The predicted molar refractivity (Wildman–Crippen MR) is 69.4 cm³/mol. The second-order valence-corrected chi connectivity index (χ2v) is 4.57. The van der Waals surface area contributed by atoms with E-state index in [1.54, 1.807) is 6.92 Å². The maximum absolute atomic E-state index is 11.7. The quantitative estimate of drug-likeness (QED) is 0.850. The third-order valence-electron chi connectivity index (χ3n) is 2.47. The summed E-state index contributed by atoms with van der Waals surface area (Å²) in [7, 11) is 0. The first-order valence-electron chi connectivity index (χ1n) is 5.52. The molecule has 0 amide bonds. The van der Waals surface area contributed by atoms with Crippen molar-refractivity contribution in [1.29, 1.82) is 0 Å². The van der Waals surface area contributed by atoms with Crippen molar-refractivity contribution in [3.05, 3.63) is 22.7 Å². The minimum Gasteiger partial charge on any atom is -0.462 e. The van der Waals surface area contributed by atoms with Crippen LogP contribution in [-0.4, -0.2) is 17.6 Å². The molecule has 17 heavy (non-hydrogen) atoms. The monoisotopic (exact) mass is 250 g/mol. The number of ether oxygens (including phenoxy) is 1. The van der Waals surface area contributed by atoms with Gasteiger partial charge in [0.2, 0.25) is 0 Å². The van der Waals surface area contributed by atoms with Gasteiger partial charge in [0.25, 0.3) is 0 Å². The minimum absolute atomic E-state index is 0.347. The second-order valence-electron chi connectivity index (χ2n) is 3.57. The zero-order chi connectivity index (χ0) is 12.4. The van der Waals surface area contributed by atoms with Crippen LogP contribution in [0.5, 0.6) is 0 Å². The summed E-state index contributed by atoms with van der Waals surface area (Å²) in [6.07, 6.45) is 0.864. The number of aryl methyl sites for hydroxylation is 1. The number of nitrogens with two attached hydrogens (primary N) is 1. The van der Waals surface area contributed by atoms with Crippen LogP contribution in [0.2, 0.25) is 0 Å². The number of hydrogen-bond donors (Lipinski definition) is 1. The Balaban J connectivity index is 2.52. The third kappa shape index (κ3) is 2.10. The topological polar surface area (TPSA) is 65.2 Å². The number of nitrogen functional groups attached to an aromatic ring is 1. The van der Waals surface area contributed by atoms with E-state index >= 15 is 0 Å². The lowest BCUT2D eigenvalue weighted by molar-refractivity contribution is 0.0533. The molecule has 0 bridgehead atoms. The zero-order valence-corrected chi connectivity index (χ0v) is 10.6. The number of nitrogens with zero attached hydrogens (tertiary/aromatic N) is 1. The van der Waals surface area contributed by atoms with Gasteiger partial charge in [0.05, 0.1) is 12.3 Å². The lowest BCUT2D eigenvalue weighted by atomic mass is 10.2. The fourth-order valence-electron chi connectivity index (χ4n) is 1.58. The van der Waals surface area contributed by atoms with Gasteiger partial charge in [-0.3, -0.25) is 0 Å². The van der Waals surface area contributed by atoms with Crippen LogP contribution in [-0.2, 0) is 11.2 Å². The molecule has 0 fully saturated rings. The predicted octanol–water partition coefficient (Wildman–Crippen LogP) is 2.62. The SMILES string of the molecule is CCOC(=O)c1sc2nc(CC)ccc2c1N. The van der Waals surface area contributed by atoms with Gasteiger partial charge < -0.3 is 10.5 Å². The highest BCUT2D eigenvalue weighted by Crippen LogP contribution is 2.33. The summed E-state index contributed by atoms with van der Waals surface area (Å²) >= 11 is 1.29. The summed E-state index contributed by atoms with van der Waals surface area (Å²) in [6, 6.07) is 3.84. The van der Waals surface area contributed by atoms with E-state index in [0.717, 1.165) is 22.3 Å². The average molecular weight is 250 g/mol. The minimum atomic E-state index is -0.369. The molecule has 90 valence electrons. The molecule has 0 aliphatic rings. The van der Waals surface area contributed by atoms with Gasteiger partial charge >= 0.3 is 5.97 Å². The van der Waals surface area contributed by atoms with Crippen molar-refractivity contribution in [3.8, 4) is 0 Å². The molecule has 0 spiro atoms. The van der Waals surface area contributed by atoms with Crippen molar-refractivity contribution in [2.45, 2.75) is 20.3 Å². The van der Waals surface area contributed by atoms with Crippen molar-refractivity contribution < 1.29 is 9.53 Å². The Morgan fingerprint density at radius 2 is 2.24 bits per heavy atom. The first kappa shape index (κ1) is 11.9. The van der Waals surface area contributed by atoms with Crippen molar-refractivity contribution in [3.63, 3.8) is 0 Å². The lowest BCUT2D eigenvalue weighted by Crippen LogP contribution is -2.04. The van der Waals surface area contributed by atoms with Gasteiger partial charge in [0, 0.05) is 11.1 Å². The number of aromatic nitrogens is 1. The van der Waals surface area contributed by atoms with Gasteiger partial charge in [-0.25, -0.2) is 9.78 Å². The number of esters is 1. The fourth-order valence-corrected chi connectivity index (χ4v) is 2.59. The molecule has 2 heterocycles. The zero-order valence-electron chi connectivity index (χ0n) is 9.82. The highest BCUT2D eigenvalue weighted by atomic mass is 32.1. The molecule has 0 unspecified atom stereocenters. The number of thiophene rings is 1. The van der Waals surface area contributed by atoms with E-state index in [2.05, 4.69) is 4.98 Å². The third-order valence-corrected chi connectivity index (χ3v) is 3.57. The van der Waals surface area contributed by atoms with Crippen molar-refractivity contribution >= 4 is 33.2 Å². The lowest BCUT2D eigenvalue weighted by Gasteiger charge is -1.98. The number of rotatable bonds is 3. The summed E-state index contributed by atoms with van der Waals surface area (Å²) in [6.45, 7) is 4.16. The molecule has 0 aliphatic carbocycles. The molecular formula is C12H14N2O2S. The summed E-state index contributed by atoms with van der Waals surface area (Å²) in [5.41, 5.74) is 7.40. The second kappa shape index (κ2) is 4.71. The Labute approximate surface area is 103 Å². The fraction of sp³-hybridized carbons (Fsp3) is 0.333. The van der Waals surface area contributed by atoms with Crippen LogP contribution in [0.4, 0.5) is 5.69 Å². The summed E-state index contributed by atoms with van der Waals surface area (Å²) in [5, 5.41) is 0.829. The largest absolute Gasteiger partial charge is 0.462 e. The first-order chi connectivity index (χ1) is 8.17. The van der Waals surface area contributed by atoms with Crippen molar-refractivity contribution in [1.82, 2.24) is 4.98 Å². The molecule has 0 radical (unpaired) electrons. The molecule has 5 heteroatoms. The van der Waals surface area contributed by atoms with Crippen molar-refractivity contribution in [2.75, 3.05) is 12.3 Å². The molecule has 0 saturated carbocycles. The molecule has 2 aromatic heterocycles. The van der Waals surface area contributed by atoms with E-state index in [1.165, 1.54) is 11.3 Å². The summed E-state index contributed by atoms with van der Waals surface area (Å²) in [5.74, 6) is -0.369. The maximum atomic E-state index is 11.7. The van der Waals surface area contributed by atoms with Gasteiger partial charge in [0.15, 0.2) is 0 Å². The van der Waals surface area contributed by atoms with Crippen LogP contribution in [0.15, 0.2) is 12.1 Å². The molecule has 2 aromatic rings. The number of pyridine rings is 1. The van der Waals surface area contributed by atoms with Gasteiger partial charge in [-0.05, 0) is 25.5 Å². The number of carbonyl (C=O) groups excluding carboxylic acids is 1. The summed E-state index contributed by atoms with van der Waals surface area (Å²) < 4.78 is 4.96. The molecule has 0 saturated heterocycles. The van der Waals surface area contributed by atoms with Gasteiger partial charge in [-0.2, -0.15) is 0 Å². The van der Waals surface area contributed by atoms with Crippen LogP contribution >= 0.6 is 11.3 Å². The smallest absolute Gasteiger partial charge is 0.350 e. The Bertz CT molecular complexity index is 563. The Morgan fingerprint density at radius 1 is 1.47 bits per heavy atom. The van der Waals surface area contributed by atoms with E-state index in [4.69, 9.17) is 10.5 Å². The Hall–Kier alpha value is -1.62. The molecular weight excluding hydrogens is 236 g/mol. The van der Waals surface area contributed by atoms with Crippen LogP contribution < -0.4 is 5.73 Å². The summed E-state index contributed by atoms with van der Waals surface area (Å²) in [4.78, 5) is 17.4. The number of fused-ring (bicyclic) bond motifs is 1. The van der Waals surface area contributed by atoms with Gasteiger partial charge in [-0.1, -0.05) is 6.92 Å².